The molecule has 12 heteroatoms. The van der Waals surface area contributed by atoms with E-state index < -0.39 is 0 Å². The van der Waals surface area contributed by atoms with Gasteiger partial charge in [-0.1, -0.05) is 293 Å². The van der Waals surface area contributed by atoms with E-state index >= 15 is 0 Å². The molecule has 0 amide bonds. The Morgan fingerprint density at radius 3 is 0.905 bits per heavy atom. The summed E-state index contributed by atoms with van der Waals surface area (Å²) >= 11 is 0. The molecular weight excluding hydrogens is 1540 g/mol. The lowest BCUT2D eigenvalue weighted by atomic mass is 9.81. The third-order valence-corrected chi connectivity index (χ3v) is 24.1. The highest BCUT2D eigenvalue weighted by Crippen LogP contribution is 2.51. The average molecular weight is 1620 g/mol. The second-order valence-corrected chi connectivity index (χ2v) is 32.3. The zero-order valence-electron chi connectivity index (χ0n) is 68.4. The SMILES string of the molecule is CC1(C)c2ccccc2-c2ccc(-c3nc4ccccc4nc3-c3ccc(-c4nc5ccccc5o4)cc3)cc21.c1ccc2c(c1)cc(-c1ccc(-c3nc4ccccc4nc3-c3ccc(-c4nc5ccccc5o4)cc3)cc1)c1ccccc12.c1ccc2cc(-c3ccc(-c4nc5ccccc5nc4-c4ccc(-c5nc6ccccc6o5)cc4)cc3)ccc2c1. The molecule has 126 heavy (non-hydrogen) atoms. The first kappa shape index (κ1) is 74.2. The number of oxazole rings is 3. The summed E-state index contributed by atoms with van der Waals surface area (Å²) in [6.45, 7) is 4.61. The number of hydrogen-bond donors (Lipinski definition) is 0. The minimum atomic E-state index is -0.0897. The van der Waals surface area contributed by atoms with E-state index in [0.717, 1.165) is 156 Å². The van der Waals surface area contributed by atoms with Gasteiger partial charge in [0.15, 0.2) is 16.7 Å². The van der Waals surface area contributed by atoms with E-state index in [1.807, 2.05) is 182 Å². The predicted octanol–water partition coefficient (Wildman–Crippen LogP) is 29.4. The van der Waals surface area contributed by atoms with E-state index in [1.165, 1.54) is 71.3 Å². The molecule has 0 bridgehead atoms. The summed E-state index contributed by atoms with van der Waals surface area (Å²) in [7, 11) is 0. The molecular formula is C114H73N9O3. The predicted molar refractivity (Wildman–Crippen MR) is 511 cm³/mol. The van der Waals surface area contributed by atoms with Crippen LogP contribution >= 0.6 is 0 Å². The number of nitrogens with zero attached hydrogens (tertiary/aromatic N) is 9. The van der Waals surface area contributed by atoms with Gasteiger partial charge in [-0.15, -0.1) is 0 Å². The van der Waals surface area contributed by atoms with Crippen molar-refractivity contribution in [1.29, 1.82) is 0 Å². The molecule has 0 saturated carbocycles. The highest BCUT2D eigenvalue weighted by atomic mass is 16.4. The summed E-state index contributed by atoms with van der Waals surface area (Å²) in [5, 5.41) is 7.49. The lowest BCUT2D eigenvalue weighted by Crippen LogP contribution is -2.15. The van der Waals surface area contributed by atoms with Gasteiger partial charge in [-0.3, -0.25) is 0 Å². The first-order valence-electron chi connectivity index (χ1n) is 42.2. The molecule has 6 aromatic heterocycles. The molecule has 18 aromatic carbocycles. The Bertz CT molecular complexity index is 8270. The number of aromatic nitrogens is 9. The van der Waals surface area contributed by atoms with Crippen molar-refractivity contribution < 1.29 is 13.3 Å². The summed E-state index contributed by atoms with van der Waals surface area (Å²) in [6.07, 6.45) is 0. The minimum Gasteiger partial charge on any atom is -0.436 e. The highest BCUT2D eigenvalue weighted by Gasteiger charge is 2.36. The van der Waals surface area contributed by atoms with Crippen LogP contribution < -0.4 is 0 Å². The number of benzene rings is 18. The molecule has 12 nitrogen and oxygen atoms in total. The fourth-order valence-electron chi connectivity index (χ4n) is 17.6. The Morgan fingerprint density at radius 1 is 0.175 bits per heavy atom. The molecule has 1 aliphatic rings. The molecule has 0 radical (unpaired) electrons. The van der Waals surface area contributed by atoms with E-state index in [4.69, 9.17) is 43.2 Å². The van der Waals surface area contributed by atoms with E-state index in [1.54, 1.807) is 0 Å². The largest absolute Gasteiger partial charge is 0.436 e. The maximum atomic E-state index is 6.01. The van der Waals surface area contributed by atoms with Gasteiger partial charge in [0.25, 0.3) is 0 Å². The van der Waals surface area contributed by atoms with Gasteiger partial charge in [-0.05, 0) is 204 Å². The zero-order chi connectivity index (χ0) is 83.8. The van der Waals surface area contributed by atoms with E-state index in [2.05, 4.69) is 253 Å². The first-order chi connectivity index (χ1) is 62.1. The van der Waals surface area contributed by atoms with E-state index in [-0.39, 0.29) is 5.41 Å². The van der Waals surface area contributed by atoms with E-state index in [0.29, 0.717) is 17.7 Å². The standard InChI is InChI=1S/C41H25N3O.C37H23N3O.C36H25N3O/c1-2-10-31-30(9-1)25-34(33-12-4-3-11-32(31)33)26-17-19-27(20-18-26)39-40(43-36-14-6-5-13-35(36)42-39)28-21-23-29(24-22-28)41-44-37-15-7-8-16-38(37)45-41;1-2-8-29-23-30(22-15-24(29)7-1)25-13-16-26(17-14-25)35-36(39-32-10-4-3-9-31(32)38-35)27-18-20-28(21-19-27)37-40-33-11-5-6-12-34(33)41-37;1-36(2)27-10-4-3-9-25(27)26-20-19-24(21-28(26)36)34-33(37-29-11-5-6-12-30(29)38-34)22-15-17-23(18-16-22)35-39-31-13-7-8-14-32(31)40-35/h1-25H;1-23H;3-21H,1-2H3. The third-order valence-electron chi connectivity index (χ3n) is 24.1. The monoisotopic (exact) mass is 1620 g/mol. The second kappa shape index (κ2) is 31.0. The highest BCUT2D eigenvalue weighted by molar-refractivity contribution is 6.14. The van der Waals surface area contributed by atoms with Crippen LogP contribution in [0.5, 0.6) is 0 Å². The molecule has 24 aromatic rings. The summed E-state index contributed by atoms with van der Waals surface area (Å²) < 4.78 is 18.0. The molecule has 0 saturated heterocycles. The van der Waals surface area contributed by atoms with Crippen molar-refractivity contribution in [1.82, 2.24) is 44.9 Å². The van der Waals surface area contributed by atoms with Crippen LogP contribution in [0.1, 0.15) is 25.0 Å². The van der Waals surface area contributed by atoms with Crippen molar-refractivity contribution in [3.05, 3.63) is 418 Å². The molecule has 592 valence electrons. The van der Waals surface area contributed by atoms with Gasteiger partial charge in [0.1, 0.15) is 16.6 Å². The minimum absolute atomic E-state index is 0.0897. The smallest absolute Gasteiger partial charge is 0.227 e. The molecule has 6 heterocycles. The van der Waals surface area contributed by atoms with Crippen LogP contribution in [0.15, 0.2) is 420 Å². The molecule has 0 fully saturated rings. The number of para-hydroxylation sites is 12. The van der Waals surface area contributed by atoms with Gasteiger partial charge >= 0.3 is 0 Å². The van der Waals surface area contributed by atoms with Gasteiger partial charge in [0, 0.05) is 55.5 Å². The Hall–Kier alpha value is -16.8. The average Bonchev–Trinajstić information content (AvgIpc) is 1.57. The first-order valence-corrected chi connectivity index (χ1v) is 42.2. The van der Waals surface area contributed by atoms with Crippen LogP contribution in [0, 0.1) is 0 Å². The summed E-state index contributed by atoms with van der Waals surface area (Å²) in [4.78, 5) is 44.7. The van der Waals surface area contributed by atoms with Crippen LogP contribution in [0.4, 0.5) is 0 Å². The van der Waals surface area contributed by atoms with Crippen molar-refractivity contribution in [3.8, 4) is 135 Å². The van der Waals surface area contributed by atoms with Crippen molar-refractivity contribution in [3.63, 3.8) is 0 Å². The molecule has 0 aliphatic heterocycles. The van der Waals surface area contributed by atoms with Crippen LogP contribution in [0.3, 0.4) is 0 Å². The topological polar surface area (TPSA) is 155 Å². The van der Waals surface area contributed by atoms with Gasteiger partial charge in [0.2, 0.25) is 17.7 Å². The van der Waals surface area contributed by atoms with Crippen LogP contribution in [-0.2, 0) is 5.41 Å². The Morgan fingerprint density at radius 2 is 0.476 bits per heavy atom. The Kier molecular flexibility index (Phi) is 18.3. The molecule has 0 unspecified atom stereocenters. The van der Waals surface area contributed by atoms with Gasteiger partial charge < -0.3 is 13.3 Å². The van der Waals surface area contributed by atoms with Gasteiger partial charge in [-0.25, -0.2) is 44.9 Å². The van der Waals surface area contributed by atoms with Crippen molar-refractivity contribution in [2.45, 2.75) is 19.3 Å². The van der Waals surface area contributed by atoms with Crippen molar-refractivity contribution in [2.75, 3.05) is 0 Å². The summed E-state index contributed by atoms with van der Waals surface area (Å²) in [5.41, 5.74) is 34.0. The third kappa shape index (κ3) is 13.7. The van der Waals surface area contributed by atoms with E-state index in [9.17, 15) is 0 Å². The number of fused-ring (bicyclic) bond motifs is 13. The quantitative estimate of drug-likeness (QED) is 0.113. The number of hydrogen-bond acceptors (Lipinski definition) is 12. The zero-order valence-corrected chi connectivity index (χ0v) is 68.4. The normalized spacial score (nSPS) is 12.1. The fraction of sp³-hybridized carbons (Fsp3) is 0.0263. The lowest BCUT2D eigenvalue weighted by molar-refractivity contribution is 0.619. The van der Waals surface area contributed by atoms with Crippen LogP contribution in [-0.4, -0.2) is 44.9 Å². The maximum absolute atomic E-state index is 6.01. The summed E-state index contributed by atoms with van der Waals surface area (Å²) in [6, 6.07) is 140. The second-order valence-electron chi connectivity index (χ2n) is 32.3. The lowest BCUT2D eigenvalue weighted by Gasteiger charge is -2.22. The maximum Gasteiger partial charge on any atom is 0.227 e. The van der Waals surface area contributed by atoms with Gasteiger partial charge in [-0.2, -0.15) is 0 Å². The molecule has 25 rings (SSSR count). The molecule has 0 atom stereocenters. The Labute approximate surface area is 724 Å². The molecule has 0 N–H and O–H groups in total. The number of rotatable bonds is 11. The van der Waals surface area contributed by atoms with Gasteiger partial charge in [0.05, 0.1) is 67.3 Å². The van der Waals surface area contributed by atoms with Crippen molar-refractivity contribution >= 4 is 98.7 Å². The fourth-order valence-corrected chi connectivity index (χ4v) is 17.6. The molecule has 1 aliphatic carbocycles. The van der Waals surface area contributed by atoms with Crippen LogP contribution in [0.25, 0.3) is 234 Å². The Balaban J connectivity index is 0.000000109. The molecule has 0 spiro atoms. The van der Waals surface area contributed by atoms with Crippen molar-refractivity contribution in [2.24, 2.45) is 0 Å². The summed E-state index contributed by atoms with van der Waals surface area (Å²) in [5.74, 6) is 1.81. The van der Waals surface area contributed by atoms with Crippen LogP contribution in [0.2, 0.25) is 0 Å².